The highest BCUT2D eigenvalue weighted by Gasteiger charge is 2.54. The van der Waals surface area contributed by atoms with Crippen molar-refractivity contribution >= 4 is 23.3 Å². The molecule has 10 heteroatoms. The second-order valence-corrected chi connectivity index (χ2v) is 17.4. The summed E-state index contributed by atoms with van der Waals surface area (Å²) < 4.78 is 25.2. The van der Waals surface area contributed by atoms with Gasteiger partial charge in [-0.15, -0.1) is 0 Å². The van der Waals surface area contributed by atoms with E-state index in [1.54, 1.807) is 18.4 Å². The van der Waals surface area contributed by atoms with Crippen LogP contribution in [0.1, 0.15) is 92.9 Å². The molecule has 4 aromatic rings. The van der Waals surface area contributed by atoms with Crippen LogP contribution in [0.25, 0.3) is 0 Å². The van der Waals surface area contributed by atoms with Gasteiger partial charge in [0.15, 0.2) is 11.5 Å². The van der Waals surface area contributed by atoms with Crippen LogP contribution >= 0.6 is 11.6 Å². The van der Waals surface area contributed by atoms with Crippen LogP contribution in [0.2, 0.25) is 5.02 Å². The van der Waals surface area contributed by atoms with Gasteiger partial charge in [0, 0.05) is 40.6 Å². The molecule has 8 rings (SSSR count). The van der Waals surface area contributed by atoms with Crippen LogP contribution in [0.3, 0.4) is 0 Å². The number of halogens is 1. The molecule has 1 aliphatic heterocycles. The van der Waals surface area contributed by atoms with Crippen LogP contribution in [0.15, 0.2) is 71.5 Å². The Kier molecular flexibility index (Phi) is 10.8. The fourth-order valence-corrected chi connectivity index (χ4v) is 10.3. The molecule has 1 saturated carbocycles. The van der Waals surface area contributed by atoms with Crippen LogP contribution in [-0.2, 0) is 29.6 Å². The van der Waals surface area contributed by atoms with Gasteiger partial charge in [-0.3, -0.25) is 9.88 Å². The summed E-state index contributed by atoms with van der Waals surface area (Å²) in [5.74, 6) is 3.94. The Balaban J connectivity index is 1.03. The third-order valence-corrected chi connectivity index (χ3v) is 13.1. The van der Waals surface area contributed by atoms with Gasteiger partial charge in [-0.05, 0) is 148 Å². The van der Waals surface area contributed by atoms with Crippen LogP contribution in [0.4, 0.5) is 5.69 Å². The number of hydrogen-bond acceptors (Lipinski definition) is 8. The first-order chi connectivity index (χ1) is 26.6. The number of ether oxygens (including phenoxy) is 3. The van der Waals surface area contributed by atoms with E-state index in [2.05, 4.69) is 48.2 Å². The molecule has 2 unspecified atom stereocenters. The number of furan rings is 1. The van der Waals surface area contributed by atoms with Crippen molar-refractivity contribution in [3.8, 4) is 17.2 Å². The highest BCUT2D eigenvalue weighted by molar-refractivity contribution is 6.30. The van der Waals surface area contributed by atoms with E-state index in [-0.39, 0.29) is 11.3 Å². The molecule has 2 aromatic carbocycles. The molecule has 1 fully saturated rings. The van der Waals surface area contributed by atoms with E-state index in [1.807, 2.05) is 36.5 Å². The van der Waals surface area contributed by atoms with Gasteiger partial charge in [0.25, 0.3) is 0 Å². The average Bonchev–Trinajstić information content (AvgIpc) is 3.72. The van der Waals surface area contributed by atoms with E-state index in [0.717, 1.165) is 73.9 Å². The number of nitrogens with one attached hydrogen (secondary N) is 1. The third kappa shape index (κ3) is 7.79. The van der Waals surface area contributed by atoms with Gasteiger partial charge in [0.2, 0.25) is 0 Å². The zero-order valence-corrected chi connectivity index (χ0v) is 33.1. The molecular weight excluding hydrogens is 714 g/mol. The van der Waals surface area contributed by atoms with Crippen LogP contribution in [0.5, 0.6) is 17.2 Å². The van der Waals surface area contributed by atoms with Crippen molar-refractivity contribution in [1.82, 2.24) is 9.88 Å². The highest BCUT2D eigenvalue weighted by Crippen LogP contribution is 2.58. The van der Waals surface area contributed by atoms with E-state index < -0.39 is 11.5 Å². The number of carbonyl (C=O) groups is 1. The van der Waals surface area contributed by atoms with Crippen molar-refractivity contribution in [2.45, 2.75) is 95.1 Å². The van der Waals surface area contributed by atoms with Gasteiger partial charge in [-0.25, -0.2) is 4.79 Å². The molecule has 292 valence electrons. The quantitative estimate of drug-likeness (QED) is 0.146. The summed E-state index contributed by atoms with van der Waals surface area (Å²) >= 11 is 6.32. The molecule has 0 saturated heterocycles. The Morgan fingerprint density at radius 3 is 2.64 bits per heavy atom. The maximum Gasteiger partial charge on any atom is 0.329 e. The number of aliphatic carboxylic acids is 1. The SMILES string of the molecule is C[C@@H](COc1ccnc2c1[C@H](C)CCC2)CC1Cc2cc3c(cc2C12CCC(Nc1cccc(Cl)c1)(C(=O)O)CC2)OCC(CN(C)Cc1ccco1)CO3. The Morgan fingerprint density at radius 1 is 1.09 bits per heavy atom. The Hall–Kier alpha value is -4.21. The lowest BCUT2D eigenvalue weighted by atomic mass is 9.59. The predicted octanol–water partition coefficient (Wildman–Crippen LogP) is 9.31. The number of benzene rings is 2. The molecule has 4 atom stereocenters. The number of pyridine rings is 1. The van der Waals surface area contributed by atoms with Crippen molar-refractivity contribution in [3.63, 3.8) is 0 Å². The maximum absolute atomic E-state index is 13.1. The molecule has 0 bridgehead atoms. The molecule has 0 amide bonds. The van der Waals surface area contributed by atoms with E-state index in [4.69, 9.17) is 30.2 Å². The van der Waals surface area contributed by atoms with E-state index in [1.165, 1.54) is 35.2 Å². The molecule has 1 spiro atoms. The number of carboxylic acids is 1. The van der Waals surface area contributed by atoms with E-state index in [0.29, 0.717) is 55.4 Å². The number of hydrogen-bond donors (Lipinski definition) is 2. The molecule has 2 N–H and O–H groups in total. The lowest BCUT2D eigenvalue weighted by Crippen LogP contribution is -2.53. The fourth-order valence-electron chi connectivity index (χ4n) is 10.1. The minimum atomic E-state index is -1.09. The van der Waals surface area contributed by atoms with Crippen molar-refractivity contribution < 1.29 is 28.5 Å². The van der Waals surface area contributed by atoms with Crippen molar-refractivity contribution in [3.05, 3.63) is 100 Å². The van der Waals surface area contributed by atoms with Gasteiger partial charge < -0.3 is 29.1 Å². The first-order valence-corrected chi connectivity index (χ1v) is 20.5. The van der Waals surface area contributed by atoms with Gasteiger partial charge in [0.1, 0.15) is 17.0 Å². The number of nitrogens with zero attached hydrogens (tertiary/aromatic N) is 2. The normalized spacial score (nSPS) is 26.2. The molecule has 2 aromatic heterocycles. The summed E-state index contributed by atoms with van der Waals surface area (Å²) in [6, 6.07) is 17.8. The first-order valence-electron chi connectivity index (χ1n) is 20.1. The van der Waals surface area contributed by atoms with E-state index >= 15 is 0 Å². The number of fused-ring (bicyclic) bond motifs is 4. The summed E-state index contributed by atoms with van der Waals surface area (Å²) in [7, 11) is 2.10. The lowest BCUT2D eigenvalue weighted by molar-refractivity contribution is -0.144. The summed E-state index contributed by atoms with van der Waals surface area (Å²) in [5.41, 5.74) is 4.49. The molecule has 3 aliphatic carbocycles. The van der Waals surface area contributed by atoms with Gasteiger partial charge in [-0.2, -0.15) is 0 Å². The number of rotatable bonds is 12. The van der Waals surface area contributed by atoms with Crippen LogP contribution < -0.4 is 19.5 Å². The maximum atomic E-state index is 13.1. The van der Waals surface area contributed by atoms with Crippen molar-refractivity contribution in [2.75, 3.05) is 38.7 Å². The second kappa shape index (κ2) is 15.7. The van der Waals surface area contributed by atoms with Gasteiger partial charge >= 0.3 is 5.97 Å². The highest BCUT2D eigenvalue weighted by atomic mass is 35.5. The Morgan fingerprint density at radius 2 is 1.89 bits per heavy atom. The largest absolute Gasteiger partial charge is 0.493 e. The molecular formula is C45H54ClN3O6. The predicted molar refractivity (Wildman–Crippen MR) is 214 cm³/mol. The summed E-state index contributed by atoms with van der Waals surface area (Å²) in [6.45, 7) is 7.88. The summed E-state index contributed by atoms with van der Waals surface area (Å²) in [6.07, 6.45) is 11.3. The Bertz CT molecular complexity index is 1970. The molecule has 4 aliphatic rings. The number of carboxylic acid groups (broad SMARTS) is 1. The third-order valence-electron chi connectivity index (χ3n) is 12.9. The zero-order chi connectivity index (χ0) is 38.2. The molecule has 55 heavy (non-hydrogen) atoms. The fraction of sp³-hybridized carbons (Fsp3) is 0.511. The lowest BCUT2D eigenvalue weighted by Gasteiger charge is -2.47. The molecule has 3 heterocycles. The van der Waals surface area contributed by atoms with Crippen molar-refractivity contribution in [1.29, 1.82) is 0 Å². The van der Waals surface area contributed by atoms with Crippen LogP contribution in [0, 0.1) is 17.8 Å². The molecule has 0 radical (unpaired) electrons. The standard InChI is InChI=1S/C45H54ClN3O6/c1-29(26-53-39-12-17-47-38-11-4-7-30(2)42(38)39)19-33-20-32-21-40-41(55-28-31(27-54-40)24-49(3)25-36-10-6-18-52-36)23-37(32)44(33)13-15-45(16-14-44,43(50)51)48-35-9-5-8-34(46)22-35/h5-6,8-10,12,17-18,21-23,29-31,33,48H,4,7,11,13-16,19-20,24-28H2,1-3H3,(H,50,51)/t29-,30-,31?,33?,44?,45?/m1/s1. The second-order valence-electron chi connectivity index (χ2n) is 16.9. The van der Waals surface area contributed by atoms with Crippen molar-refractivity contribution in [2.24, 2.45) is 17.8 Å². The summed E-state index contributed by atoms with van der Waals surface area (Å²) in [4.78, 5) is 20.0. The topological polar surface area (TPSA) is 106 Å². The minimum Gasteiger partial charge on any atom is -0.493 e. The minimum absolute atomic E-state index is 0.196. The summed E-state index contributed by atoms with van der Waals surface area (Å²) in [5, 5.41) is 14.7. The number of aromatic nitrogens is 1. The van der Waals surface area contributed by atoms with Gasteiger partial charge in [-0.1, -0.05) is 31.5 Å². The van der Waals surface area contributed by atoms with E-state index in [9.17, 15) is 9.90 Å². The molecule has 9 nitrogen and oxygen atoms in total. The average molecular weight is 768 g/mol. The van der Waals surface area contributed by atoms with Gasteiger partial charge in [0.05, 0.1) is 32.6 Å². The monoisotopic (exact) mass is 767 g/mol. The number of aryl methyl sites for hydroxylation is 1. The first kappa shape index (κ1) is 37.7. The van der Waals surface area contributed by atoms with Crippen LogP contribution in [-0.4, -0.2) is 59.9 Å². The smallest absolute Gasteiger partial charge is 0.329 e. The number of anilines is 1. The zero-order valence-electron chi connectivity index (χ0n) is 32.3. The Labute approximate surface area is 329 Å².